The van der Waals surface area contributed by atoms with Crippen molar-refractivity contribution in [3.8, 4) is 0 Å². The van der Waals surface area contributed by atoms with Gasteiger partial charge in [-0.25, -0.2) is 0 Å². The van der Waals surface area contributed by atoms with Crippen molar-refractivity contribution in [1.82, 2.24) is 25.9 Å². The first-order valence-electron chi connectivity index (χ1n) is 5.33. The van der Waals surface area contributed by atoms with E-state index in [0.717, 1.165) is 5.56 Å². The fraction of sp³-hybridized carbons (Fsp3) is 0.273. The molecule has 0 saturated heterocycles. The van der Waals surface area contributed by atoms with Gasteiger partial charge in [0.05, 0.1) is 0 Å². The van der Waals surface area contributed by atoms with Crippen molar-refractivity contribution in [2.24, 2.45) is 0 Å². The summed E-state index contributed by atoms with van der Waals surface area (Å²) in [7, 11) is 0. The summed E-state index contributed by atoms with van der Waals surface area (Å²) in [6, 6.07) is 7.46. The summed E-state index contributed by atoms with van der Waals surface area (Å²) in [6.45, 7) is 2.45. The summed E-state index contributed by atoms with van der Waals surface area (Å²) in [6.07, 6.45) is 0.564. The highest BCUT2D eigenvalue weighted by molar-refractivity contribution is 5.94. The number of aromatic nitrogens is 4. The molecule has 1 aromatic carbocycles. The Hall–Kier alpha value is -2.24. The van der Waals surface area contributed by atoms with E-state index >= 15 is 0 Å². The number of aryl methyl sites for hydroxylation is 1. The molecule has 1 amide bonds. The lowest BCUT2D eigenvalue weighted by atomic mass is 10.1. The highest BCUT2D eigenvalue weighted by Crippen LogP contribution is 2.03. The van der Waals surface area contributed by atoms with Crippen LogP contribution >= 0.6 is 0 Å². The number of aromatic amines is 1. The smallest absolute Gasteiger partial charge is 0.251 e. The maximum atomic E-state index is 11.8. The van der Waals surface area contributed by atoms with Crippen molar-refractivity contribution < 1.29 is 4.79 Å². The number of carbonyl (C=O) groups is 1. The summed E-state index contributed by atoms with van der Waals surface area (Å²) in [5.74, 6) is 0.506. The molecule has 88 valence electrons. The van der Waals surface area contributed by atoms with Crippen molar-refractivity contribution in [2.75, 3.05) is 6.54 Å². The number of H-pyrrole nitrogens is 1. The van der Waals surface area contributed by atoms with Gasteiger partial charge in [-0.05, 0) is 19.1 Å². The lowest BCUT2D eigenvalue weighted by Crippen LogP contribution is -2.26. The van der Waals surface area contributed by atoms with Gasteiger partial charge in [-0.3, -0.25) is 4.79 Å². The number of tetrazole rings is 1. The molecule has 1 aromatic heterocycles. The lowest BCUT2D eigenvalue weighted by Gasteiger charge is -2.04. The molecule has 0 aliphatic heterocycles. The van der Waals surface area contributed by atoms with Gasteiger partial charge in [-0.1, -0.05) is 22.9 Å². The zero-order valence-electron chi connectivity index (χ0n) is 9.47. The Morgan fingerprint density at radius 2 is 2.35 bits per heavy atom. The number of benzene rings is 1. The Morgan fingerprint density at radius 3 is 3.06 bits per heavy atom. The van der Waals surface area contributed by atoms with Crippen LogP contribution in [0.2, 0.25) is 0 Å². The minimum atomic E-state index is -0.0859. The molecule has 0 aliphatic carbocycles. The van der Waals surface area contributed by atoms with E-state index in [1.54, 1.807) is 6.07 Å². The van der Waals surface area contributed by atoms with Crippen molar-refractivity contribution in [3.05, 3.63) is 41.2 Å². The van der Waals surface area contributed by atoms with E-state index in [9.17, 15) is 4.79 Å². The standard InChI is InChI=1S/C11H13N5O/c1-8-3-2-4-9(7-8)11(17)12-6-5-10-13-15-16-14-10/h2-4,7H,5-6H2,1H3,(H,12,17)(H,13,14,15,16). The second-order valence-electron chi connectivity index (χ2n) is 3.70. The summed E-state index contributed by atoms with van der Waals surface area (Å²) in [4.78, 5) is 11.8. The van der Waals surface area contributed by atoms with E-state index in [1.165, 1.54) is 0 Å². The molecule has 0 aliphatic rings. The molecule has 0 spiro atoms. The van der Waals surface area contributed by atoms with Gasteiger partial charge in [0, 0.05) is 18.5 Å². The minimum absolute atomic E-state index is 0.0859. The molecule has 17 heavy (non-hydrogen) atoms. The van der Waals surface area contributed by atoms with Crippen LogP contribution in [-0.2, 0) is 6.42 Å². The Balaban J connectivity index is 1.85. The fourth-order valence-corrected chi connectivity index (χ4v) is 1.46. The topological polar surface area (TPSA) is 83.6 Å². The SMILES string of the molecule is Cc1cccc(C(=O)NCCc2nn[nH]n2)c1. The number of carbonyl (C=O) groups excluding carboxylic acids is 1. The maximum absolute atomic E-state index is 11.8. The van der Waals surface area contributed by atoms with E-state index in [0.29, 0.717) is 24.4 Å². The summed E-state index contributed by atoms with van der Waals surface area (Å²) in [5, 5.41) is 16.2. The number of hydrogen-bond acceptors (Lipinski definition) is 4. The summed E-state index contributed by atoms with van der Waals surface area (Å²) in [5.41, 5.74) is 1.73. The second-order valence-corrected chi connectivity index (χ2v) is 3.70. The van der Waals surface area contributed by atoms with Crippen LogP contribution in [-0.4, -0.2) is 33.1 Å². The Morgan fingerprint density at radius 1 is 1.47 bits per heavy atom. The van der Waals surface area contributed by atoms with Gasteiger partial charge in [0.25, 0.3) is 5.91 Å². The van der Waals surface area contributed by atoms with E-state index in [4.69, 9.17) is 0 Å². The normalized spacial score (nSPS) is 10.2. The highest BCUT2D eigenvalue weighted by Gasteiger charge is 2.05. The van der Waals surface area contributed by atoms with Crippen molar-refractivity contribution in [1.29, 1.82) is 0 Å². The quantitative estimate of drug-likeness (QED) is 0.801. The molecule has 1 heterocycles. The lowest BCUT2D eigenvalue weighted by molar-refractivity contribution is 0.0954. The number of hydrogen-bond donors (Lipinski definition) is 2. The van der Waals surface area contributed by atoms with Crippen LogP contribution in [0.15, 0.2) is 24.3 Å². The number of nitrogens with one attached hydrogen (secondary N) is 2. The number of amides is 1. The van der Waals surface area contributed by atoms with Gasteiger partial charge in [0.1, 0.15) is 0 Å². The van der Waals surface area contributed by atoms with Gasteiger partial charge in [0.2, 0.25) is 0 Å². The Labute approximate surface area is 98.4 Å². The third-order valence-electron chi connectivity index (χ3n) is 2.30. The molecule has 0 fully saturated rings. The van der Waals surface area contributed by atoms with Crippen LogP contribution in [0.5, 0.6) is 0 Å². The van der Waals surface area contributed by atoms with Crippen LogP contribution in [0.1, 0.15) is 21.7 Å². The average Bonchev–Trinajstić information content (AvgIpc) is 2.82. The van der Waals surface area contributed by atoms with E-state index in [1.807, 2.05) is 25.1 Å². The van der Waals surface area contributed by atoms with Crippen LogP contribution in [0.4, 0.5) is 0 Å². The van der Waals surface area contributed by atoms with Crippen molar-refractivity contribution in [2.45, 2.75) is 13.3 Å². The molecule has 2 N–H and O–H groups in total. The molecule has 2 rings (SSSR count). The molecule has 0 unspecified atom stereocenters. The molecule has 0 radical (unpaired) electrons. The highest BCUT2D eigenvalue weighted by atomic mass is 16.1. The molecule has 2 aromatic rings. The molecule has 6 heteroatoms. The van der Waals surface area contributed by atoms with Crippen LogP contribution in [0, 0.1) is 6.92 Å². The predicted molar refractivity (Wildman–Crippen MR) is 61.4 cm³/mol. The monoisotopic (exact) mass is 231 g/mol. The first-order chi connectivity index (χ1) is 8.25. The summed E-state index contributed by atoms with van der Waals surface area (Å²) < 4.78 is 0. The van der Waals surface area contributed by atoms with Gasteiger partial charge in [-0.2, -0.15) is 5.21 Å². The third kappa shape index (κ3) is 3.10. The molecule has 0 saturated carbocycles. The number of rotatable bonds is 4. The predicted octanol–water partition coefficient (Wildman–Crippen LogP) is 0.481. The Kier molecular flexibility index (Phi) is 3.44. The zero-order chi connectivity index (χ0) is 12.1. The van der Waals surface area contributed by atoms with Crippen LogP contribution < -0.4 is 5.32 Å². The minimum Gasteiger partial charge on any atom is -0.352 e. The second kappa shape index (κ2) is 5.20. The third-order valence-corrected chi connectivity index (χ3v) is 2.30. The van der Waals surface area contributed by atoms with E-state index in [2.05, 4.69) is 25.9 Å². The van der Waals surface area contributed by atoms with Crippen molar-refractivity contribution >= 4 is 5.91 Å². The van der Waals surface area contributed by atoms with Gasteiger partial charge < -0.3 is 5.32 Å². The van der Waals surface area contributed by atoms with Crippen LogP contribution in [0.3, 0.4) is 0 Å². The fourth-order valence-electron chi connectivity index (χ4n) is 1.46. The van der Waals surface area contributed by atoms with E-state index in [-0.39, 0.29) is 5.91 Å². The largest absolute Gasteiger partial charge is 0.352 e. The van der Waals surface area contributed by atoms with Gasteiger partial charge >= 0.3 is 0 Å². The first-order valence-corrected chi connectivity index (χ1v) is 5.33. The first kappa shape index (κ1) is 11.3. The van der Waals surface area contributed by atoms with Gasteiger partial charge in [-0.15, -0.1) is 10.2 Å². The van der Waals surface area contributed by atoms with Crippen LogP contribution in [0.25, 0.3) is 0 Å². The molecule has 0 atom stereocenters. The zero-order valence-corrected chi connectivity index (χ0v) is 9.47. The summed E-state index contributed by atoms with van der Waals surface area (Å²) >= 11 is 0. The maximum Gasteiger partial charge on any atom is 0.251 e. The van der Waals surface area contributed by atoms with Gasteiger partial charge in [0.15, 0.2) is 5.82 Å². The molecule has 6 nitrogen and oxygen atoms in total. The van der Waals surface area contributed by atoms with E-state index < -0.39 is 0 Å². The molecular formula is C11H13N5O. The average molecular weight is 231 g/mol. The molecule has 0 bridgehead atoms. The molecular weight excluding hydrogens is 218 g/mol. The Bertz CT molecular complexity index is 494. The van der Waals surface area contributed by atoms with Crippen molar-refractivity contribution in [3.63, 3.8) is 0 Å². The number of nitrogens with zero attached hydrogens (tertiary/aromatic N) is 3.